The predicted octanol–water partition coefficient (Wildman–Crippen LogP) is 4.09. The lowest BCUT2D eigenvalue weighted by atomic mass is 9.99. The second-order valence-electron chi connectivity index (χ2n) is 4.59. The third-order valence-corrected chi connectivity index (χ3v) is 3.08. The average Bonchev–Trinajstić information content (AvgIpc) is 2.52. The highest BCUT2D eigenvalue weighted by molar-refractivity contribution is 5.47. The standard InChI is InChI=1S/C19H18O/c1-2-3-13-19(20)18-12-8-7-11-17(18)15-14-16-9-5-4-6-10-16/h2,4-12,19-20H,1,3,13H2. The first kappa shape index (κ1) is 14.1. The molecule has 100 valence electrons. The summed E-state index contributed by atoms with van der Waals surface area (Å²) in [5.74, 6) is 6.28. The first-order valence-electron chi connectivity index (χ1n) is 6.76. The van der Waals surface area contributed by atoms with Crippen LogP contribution in [-0.4, -0.2) is 5.11 Å². The summed E-state index contributed by atoms with van der Waals surface area (Å²) in [6, 6.07) is 17.6. The lowest BCUT2D eigenvalue weighted by Crippen LogP contribution is -1.99. The first-order valence-corrected chi connectivity index (χ1v) is 6.76. The van der Waals surface area contributed by atoms with E-state index in [9.17, 15) is 5.11 Å². The molecule has 0 spiro atoms. The van der Waals surface area contributed by atoms with Gasteiger partial charge in [0.1, 0.15) is 0 Å². The van der Waals surface area contributed by atoms with E-state index in [4.69, 9.17) is 0 Å². The Morgan fingerprint density at radius 2 is 1.70 bits per heavy atom. The van der Waals surface area contributed by atoms with Gasteiger partial charge < -0.3 is 5.11 Å². The van der Waals surface area contributed by atoms with E-state index in [-0.39, 0.29) is 0 Å². The summed E-state index contributed by atoms with van der Waals surface area (Å²) in [5.41, 5.74) is 2.74. The van der Waals surface area contributed by atoms with Crippen LogP contribution in [0.15, 0.2) is 67.3 Å². The van der Waals surface area contributed by atoms with Crippen molar-refractivity contribution in [3.05, 3.63) is 83.9 Å². The van der Waals surface area contributed by atoms with Gasteiger partial charge in [-0.1, -0.05) is 54.3 Å². The molecule has 2 rings (SSSR count). The number of allylic oxidation sites excluding steroid dienone is 1. The Kier molecular flexibility index (Phi) is 5.17. The van der Waals surface area contributed by atoms with Gasteiger partial charge in [0.25, 0.3) is 0 Å². The quantitative estimate of drug-likeness (QED) is 0.650. The van der Waals surface area contributed by atoms with E-state index < -0.39 is 6.10 Å². The zero-order valence-corrected chi connectivity index (χ0v) is 11.4. The maximum atomic E-state index is 10.2. The second kappa shape index (κ2) is 7.33. The molecule has 1 nitrogen and oxygen atoms in total. The molecule has 0 amide bonds. The summed E-state index contributed by atoms with van der Waals surface area (Å²) < 4.78 is 0. The Labute approximate surface area is 120 Å². The molecule has 1 heteroatoms. The van der Waals surface area contributed by atoms with E-state index in [1.807, 2.05) is 60.7 Å². The van der Waals surface area contributed by atoms with Crippen LogP contribution in [0, 0.1) is 11.8 Å². The van der Waals surface area contributed by atoms with Crippen LogP contribution in [0.2, 0.25) is 0 Å². The third kappa shape index (κ3) is 3.85. The van der Waals surface area contributed by atoms with Crippen LogP contribution in [0.3, 0.4) is 0 Å². The van der Waals surface area contributed by atoms with Crippen molar-refractivity contribution in [1.29, 1.82) is 0 Å². The Balaban J connectivity index is 2.24. The average molecular weight is 262 g/mol. The van der Waals surface area contributed by atoms with Crippen molar-refractivity contribution in [2.45, 2.75) is 18.9 Å². The third-order valence-electron chi connectivity index (χ3n) is 3.08. The van der Waals surface area contributed by atoms with Crippen LogP contribution >= 0.6 is 0 Å². The molecule has 20 heavy (non-hydrogen) atoms. The van der Waals surface area contributed by atoms with Crippen LogP contribution in [0.25, 0.3) is 0 Å². The number of hydrogen-bond donors (Lipinski definition) is 1. The maximum absolute atomic E-state index is 10.2. The van der Waals surface area contributed by atoms with Crippen molar-refractivity contribution in [1.82, 2.24) is 0 Å². The molecule has 2 aromatic carbocycles. The maximum Gasteiger partial charge on any atom is 0.0805 e. The van der Waals surface area contributed by atoms with E-state index >= 15 is 0 Å². The van der Waals surface area contributed by atoms with Gasteiger partial charge in [-0.15, -0.1) is 6.58 Å². The zero-order valence-electron chi connectivity index (χ0n) is 11.4. The van der Waals surface area contributed by atoms with Gasteiger partial charge in [0.15, 0.2) is 0 Å². The van der Waals surface area contributed by atoms with Gasteiger partial charge in [0.05, 0.1) is 6.10 Å². The molecule has 1 N–H and O–H groups in total. The summed E-state index contributed by atoms with van der Waals surface area (Å²) in [6.07, 6.45) is 2.80. The van der Waals surface area contributed by atoms with Gasteiger partial charge in [0.2, 0.25) is 0 Å². The molecule has 0 aliphatic heterocycles. The van der Waals surface area contributed by atoms with Crippen molar-refractivity contribution < 1.29 is 5.11 Å². The Morgan fingerprint density at radius 1 is 1.00 bits per heavy atom. The van der Waals surface area contributed by atoms with E-state index in [0.29, 0.717) is 6.42 Å². The summed E-state index contributed by atoms with van der Waals surface area (Å²) in [6.45, 7) is 3.69. The smallest absolute Gasteiger partial charge is 0.0805 e. The summed E-state index contributed by atoms with van der Waals surface area (Å²) >= 11 is 0. The molecular formula is C19H18O. The topological polar surface area (TPSA) is 20.2 Å². The molecule has 0 aliphatic rings. The van der Waals surface area contributed by atoms with Crippen molar-refractivity contribution in [2.24, 2.45) is 0 Å². The predicted molar refractivity (Wildman–Crippen MR) is 83.3 cm³/mol. The Hall–Kier alpha value is -2.30. The van der Waals surface area contributed by atoms with E-state index in [0.717, 1.165) is 23.1 Å². The molecule has 0 saturated carbocycles. The summed E-state index contributed by atoms with van der Waals surface area (Å²) in [7, 11) is 0. The van der Waals surface area contributed by atoms with Gasteiger partial charge in [0, 0.05) is 11.1 Å². The van der Waals surface area contributed by atoms with Crippen molar-refractivity contribution in [3.63, 3.8) is 0 Å². The van der Waals surface area contributed by atoms with Crippen LogP contribution in [0.4, 0.5) is 0 Å². The fraction of sp³-hybridized carbons (Fsp3) is 0.158. The van der Waals surface area contributed by atoms with Crippen molar-refractivity contribution in [2.75, 3.05) is 0 Å². The number of rotatable bonds is 4. The highest BCUT2D eigenvalue weighted by atomic mass is 16.3. The SMILES string of the molecule is C=CCCC(O)c1ccccc1C#Cc1ccccc1. The molecule has 2 aromatic rings. The van der Waals surface area contributed by atoms with Crippen LogP contribution in [0.1, 0.15) is 35.6 Å². The largest absolute Gasteiger partial charge is 0.388 e. The molecule has 0 saturated heterocycles. The first-order chi connectivity index (χ1) is 9.81. The van der Waals surface area contributed by atoms with Gasteiger partial charge >= 0.3 is 0 Å². The number of benzene rings is 2. The fourth-order valence-corrected chi connectivity index (χ4v) is 1.99. The highest BCUT2D eigenvalue weighted by Gasteiger charge is 2.09. The molecule has 1 atom stereocenters. The van der Waals surface area contributed by atoms with E-state index in [2.05, 4.69) is 18.4 Å². The van der Waals surface area contributed by atoms with Crippen LogP contribution < -0.4 is 0 Å². The second-order valence-corrected chi connectivity index (χ2v) is 4.59. The number of aliphatic hydroxyl groups excluding tert-OH is 1. The molecular weight excluding hydrogens is 244 g/mol. The Morgan fingerprint density at radius 3 is 2.45 bits per heavy atom. The zero-order chi connectivity index (χ0) is 14.2. The lowest BCUT2D eigenvalue weighted by molar-refractivity contribution is 0.168. The van der Waals surface area contributed by atoms with Crippen LogP contribution in [0.5, 0.6) is 0 Å². The van der Waals surface area contributed by atoms with Gasteiger partial charge in [-0.25, -0.2) is 0 Å². The minimum Gasteiger partial charge on any atom is -0.388 e. The van der Waals surface area contributed by atoms with E-state index in [1.165, 1.54) is 0 Å². The van der Waals surface area contributed by atoms with Gasteiger partial charge in [-0.2, -0.15) is 0 Å². The summed E-state index contributed by atoms with van der Waals surface area (Å²) in [4.78, 5) is 0. The molecule has 0 aliphatic carbocycles. The Bertz CT molecular complexity index is 617. The van der Waals surface area contributed by atoms with Crippen LogP contribution in [-0.2, 0) is 0 Å². The molecule has 1 unspecified atom stereocenters. The normalized spacial score (nSPS) is 11.2. The number of hydrogen-bond acceptors (Lipinski definition) is 1. The van der Waals surface area contributed by atoms with Crippen molar-refractivity contribution >= 4 is 0 Å². The van der Waals surface area contributed by atoms with Crippen molar-refractivity contribution in [3.8, 4) is 11.8 Å². The number of aliphatic hydroxyl groups is 1. The molecule has 0 radical (unpaired) electrons. The highest BCUT2D eigenvalue weighted by Crippen LogP contribution is 2.21. The molecule has 0 fully saturated rings. The molecule has 0 bridgehead atoms. The van der Waals surface area contributed by atoms with E-state index in [1.54, 1.807) is 0 Å². The monoisotopic (exact) mass is 262 g/mol. The summed E-state index contributed by atoms with van der Waals surface area (Å²) in [5, 5.41) is 10.2. The molecule has 0 heterocycles. The minimum atomic E-state index is -0.491. The fourth-order valence-electron chi connectivity index (χ4n) is 1.99. The van der Waals surface area contributed by atoms with Gasteiger partial charge in [-0.3, -0.25) is 0 Å². The molecule has 0 aromatic heterocycles. The minimum absolute atomic E-state index is 0.491. The lowest BCUT2D eigenvalue weighted by Gasteiger charge is -2.11. The van der Waals surface area contributed by atoms with Gasteiger partial charge in [-0.05, 0) is 36.6 Å².